The highest BCUT2D eigenvalue weighted by molar-refractivity contribution is 6.35. The van der Waals surface area contributed by atoms with Crippen molar-refractivity contribution < 1.29 is 62.5 Å². The molecule has 0 aliphatic carbocycles. The molecule has 7 rings (SSSR count). The molecule has 2 spiro atoms. The molecule has 5 fully saturated rings. The number of carbonyl (C=O) groups is 4. The van der Waals surface area contributed by atoms with Crippen molar-refractivity contribution in [2.24, 2.45) is 47.3 Å². The van der Waals surface area contributed by atoms with E-state index in [1.165, 1.54) is 14.0 Å². The Balaban J connectivity index is 0.987. The molecule has 6 aliphatic rings. The number of nitrogens with zero attached hydrogens (tertiary/aromatic N) is 2. The Kier molecular flexibility index (Phi) is 20.4. The van der Waals surface area contributed by atoms with Crippen LogP contribution < -0.4 is 0 Å². The van der Waals surface area contributed by atoms with E-state index in [4.69, 9.17) is 56.4 Å². The fourth-order valence-electron chi connectivity index (χ4n) is 13.7. The smallest absolute Gasteiger partial charge is 0.313 e. The van der Waals surface area contributed by atoms with Crippen LogP contribution in [0, 0.1) is 47.3 Å². The summed E-state index contributed by atoms with van der Waals surface area (Å²) in [6.07, 6.45) is 9.24. The number of rotatable bonds is 18. The third-order valence-corrected chi connectivity index (χ3v) is 19.4. The summed E-state index contributed by atoms with van der Waals surface area (Å²) in [6.45, 7) is 23.9. The van der Waals surface area contributed by atoms with E-state index < -0.39 is 82.9 Å². The first-order valence-corrected chi connectivity index (χ1v) is 29.5. The molecular formula is C60H90Cl2N2O13. The molecule has 15 nitrogen and oxygen atoms in total. The van der Waals surface area contributed by atoms with Crippen molar-refractivity contribution in [2.75, 3.05) is 39.8 Å². The van der Waals surface area contributed by atoms with Gasteiger partial charge in [-0.15, -0.1) is 0 Å². The van der Waals surface area contributed by atoms with Gasteiger partial charge in [-0.3, -0.25) is 24.1 Å². The number of piperazine rings is 1. The van der Waals surface area contributed by atoms with E-state index in [1.807, 2.05) is 58.6 Å². The number of esters is 2. The Morgan fingerprint density at radius 1 is 0.896 bits per heavy atom. The minimum atomic E-state index is -1.40. The minimum Gasteiger partial charge on any atom is -0.469 e. The van der Waals surface area contributed by atoms with Crippen LogP contribution in [-0.2, 0) is 52.3 Å². The van der Waals surface area contributed by atoms with Gasteiger partial charge in [0.15, 0.2) is 11.9 Å². The van der Waals surface area contributed by atoms with Crippen molar-refractivity contribution in [3.05, 3.63) is 52.0 Å². The molecule has 1 aromatic carbocycles. The van der Waals surface area contributed by atoms with Crippen LogP contribution in [-0.4, -0.2) is 149 Å². The predicted molar refractivity (Wildman–Crippen MR) is 295 cm³/mol. The van der Waals surface area contributed by atoms with Crippen LogP contribution in [0.25, 0.3) is 6.08 Å². The van der Waals surface area contributed by atoms with Gasteiger partial charge in [0.1, 0.15) is 5.78 Å². The Hall–Kier alpha value is -2.96. The molecule has 1 amide bonds. The summed E-state index contributed by atoms with van der Waals surface area (Å²) in [5.41, 5.74) is -0.998. The number of hydrogen-bond acceptors (Lipinski definition) is 14. The molecule has 1 aromatic rings. The lowest BCUT2D eigenvalue weighted by Crippen LogP contribution is -2.63. The summed E-state index contributed by atoms with van der Waals surface area (Å²) in [5.74, 6) is -6.40. The minimum absolute atomic E-state index is 0.0386. The molecule has 0 bridgehead atoms. The fourth-order valence-corrected chi connectivity index (χ4v) is 14.1. The zero-order valence-electron chi connectivity index (χ0n) is 47.8. The SMILES string of the molecule is CCC(C(=O)N1CCN(CC(/C=C\c2ccc(Cl)cc2Cl)C(=O)OC)CC1)[C@H]1CC[C@H](C)[C@H](C(C)C(O)[C@H](C)C(=O)[C@H](CC)[C@H]2O[C@]3(C=C[C@@H](OC(C)=O)[C@]4(CC[C@@](C)([C@H]5CC[C@](O)(CC)C(C)O5)O4)O3)C(C)CC2C)O1. The van der Waals surface area contributed by atoms with E-state index in [1.54, 1.807) is 37.3 Å². The van der Waals surface area contributed by atoms with Gasteiger partial charge in [0, 0.05) is 79.8 Å². The molecule has 5 saturated heterocycles. The number of benzene rings is 1. The number of hydrogen-bond donors (Lipinski definition) is 2. The van der Waals surface area contributed by atoms with Gasteiger partial charge in [-0.2, -0.15) is 0 Å². The highest BCUT2D eigenvalue weighted by atomic mass is 35.5. The van der Waals surface area contributed by atoms with Crippen molar-refractivity contribution in [1.82, 2.24) is 9.80 Å². The van der Waals surface area contributed by atoms with Gasteiger partial charge >= 0.3 is 11.9 Å². The quantitative estimate of drug-likeness (QED) is 0.105. The summed E-state index contributed by atoms with van der Waals surface area (Å²) in [5, 5.41) is 24.5. The van der Waals surface area contributed by atoms with Gasteiger partial charge in [-0.1, -0.05) is 96.8 Å². The second kappa shape index (κ2) is 25.5. The van der Waals surface area contributed by atoms with E-state index in [0.717, 1.165) is 12.0 Å². The molecule has 6 heterocycles. The second-order valence-electron chi connectivity index (χ2n) is 23.9. The van der Waals surface area contributed by atoms with E-state index in [2.05, 4.69) is 25.7 Å². The molecule has 17 heteroatoms. The zero-order chi connectivity index (χ0) is 56.4. The molecule has 0 aromatic heterocycles. The molecule has 19 atom stereocenters. The highest BCUT2D eigenvalue weighted by Crippen LogP contribution is 2.55. The summed E-state index contributed by atoms with van der Waals surface area (Å²) in [4.78, 5) is 58.8. The normalized spacial score (nSPS) is 37.3. The number of methoxy groups -OCH3 is 1. The first-order valence-electron chi connectivity index (χ1n) is 28.8. The molecule has 77 heavy (non-hydrogen) atoms. The van der Waals surface area contributed by atoms with Crippen molar-refractivity contribution in [3.8, 4) is 0 Å². The van der Waals surface area contributed by atoms with E-state index in [-0.39, 0.29) is 53.5 Å². The number of Topliss-reactive ketones (excluding diaryl/α,β-unsaturated/α-hetero) is 1. The lowest BCUT2D eigenvalue weighted by Gasteiger charge is -2.54. The molecule has 0 radical (unpaired) electrons. The predicted octanol–water partition coefficient (Wildman–Crippen LogP) is 9.63. The van der Waals surface area contributed by atoms with Crippen LogP contribution in [0.1, 0.15) is 146 Å². The van der Waals surface area contributed by atoms with Crippen LogP contribution in [0.3, 0.4) is 0 Å². The first kappa shape index (κ1) is 61.7. The molecule has 2 N–H and O–H groups in total. The van der Waals surface area contributed by atoms with Crippen molar-refractivity contribution in [2.45, 2.75) is 206 Å². The summed E-state index contributed by atoms with van der Waals surface area (Å²) in [7, 11) is 1.38. The van der Waals surface area contributed by atoms with E-state index in [0.29, 0.717) is 101 Å². The number of aliphatic hydroxyl groups excluding tert-OH is 1. The zero-order valence-corrected chi connectivity index (χ0v) is 49.4. The molecule has 7 unspecified atom stereocenters. The lowest BCUT2D eigenvalue weighted by molar-refractivity contribution is -0.409. The largest absolute Gasteiger partial charge is 0.469 e. The van der Waals surface area contributed by atoms with Crippen molar-refractivity contribution in [1.29, 1.82) is 0 Å². The molecular weight excluding hydrogens is 1030 g/mol. The van der Waals surface area contributed by atoms with Gasteiger partial charge in [-0.05, 0) is 113 Å². The van der Waals surface area contributed by atoms with Gasteiger partial charge in [0.05, 0.1) is 66.8 Å². The van der Waals surface area contributed by atoms with Crippen molar-refractivity contribution >= 4 is 52.9 Å². The van der Waals surface area contributed by atoms with Crippen LogP contribution in [0.2, 0.25) is 10.0 Å². The number of ketones is 1. The average Bonchev–Trinajstić information content (AvgIpc) is 3.75. The van der Waals surface area contributed by atoms with Gasteiger partial charge < -0.3 is 48.3 Å². The lowest BCUT2D eigenvalue weighted by atomic mass is 9.72. The van der Waals surface area contributed by atoms with E-state index >= 15 is 0 Å². The third kappa shape index (κ3) is 13.2. The van der Waals surface area contributed by atoms with E-state index in [9.17, 15) is 29.4 Å². The summed E-state index contributed by atoms with van der Waals surface area (Å²) >= 11 is 12.5. The second-order valence-corrected chi connectivity index (χ2v) is 24.8. The highest BCUT2D eigenvalue weighted by Gasteiger charge is 2.64. The van der Waals surface area contributed by atoms with Crippen LogP contribution >= 0.6 is 23.2 Å². The fraction of sp³-hybridized carbons (Fsp3) is 0.767. The molecule has 6 aliphatic heterocycles. The maximum atomic E-state index is 14.9. The summed E-state index contributed by atoms with van der Waals surface area (Å²) in [6, 6.07) is 5.20. The van der Waals surface area contributed by atoms with Gasteiger partial charge in [-0.25, -0.2) is 0 Å². The monoisotopic (exact) mass is 1120 g/mol. The Bertz CT molecular complexity index is 2290. The van der Waals surface area contributed by atoms with Gasteiger partial charge in [0.2, 0.25) is 11.7 Å². The topological polar surface area (TPSA) is 180 Å². The maximum absolute atomic E-state index is 14.9. The number of ether oxygens (including phenoxy) is 7. The standard InChI is InChI=1S/C60H90Cl2N2O13/c1-13-45(55(68)64-30-28-63(29-31-64)34-43(56(69)71-12)18-17-42-19-20-44(61)33-47(42)62)48-21-16-35(4)53(74-48)39(8)51(66)38(7)52(67)46(14-2)54-36(5)32-37(6)59(75-54)25-23-50(73-41(10)65)60(77-59)27-26-57(11,76-60)49-22-24-58(70,15-3)40(9)72-49/h17-20,23,25,33,35-40,43,45-46,48-51,53-54,66,70H,13-16,21-22,24,26-32,34H2,1-12H3/b18-17-/t35-,36?,37?,38-,39?,40?,43?,45?,46-,48+,49+,50+,51?,53+,54-,57-,58+,59-,60-/m0/s1. The first-order chi connectivity index (χ1) is 36.4. The Labute approximate surface area is 468 Å². The van der Waals surface area contributed by atoms with Gasteiger partial charge in [0.25, 0.3) is 0 Å². The van der Waals surface area contributed by atoms with Crippen molar-refractivity contribution in [3.63, 3.8) is 0 Å². The van der Waals surface area contributed by atoms with Crippen LogP contribution in [0.15, 0.2) is 36.4 Å². The maximum Gasteiger partial charge on any atom is 0.313 e. The summed E-state index contributed by atoms with van der Waals surface area (Å²) < 4.78 is 45.8. The Morgan fingerprint density at radius 2 is 1.60 bits per heavy atom. The molecule has 0 saturated carbocycles. The number of aliphatic hydroxyl groups is 2. The number of halogens is 2. The average molecular weight is 1120 g/mol. The van der Waals surface area contributed by atoms with Crippen LogP contribution in [0.5, 0.6) is 0 Å². The van der Waals surface area contributed by atoms with Crippen LogP contribution in [0.4, 0.5) is 0 Å². The molecule has 432 valence electrons. The third-order valence-electron chi connectivity index (χ3n) is 18.8. The number of amides is 1. The Morgan fingerprint density at radius 3 is 2.22 bits per heavy atom. The number of carbonyl (C=O) groups excluding carboxylic acids is 4.